The number of likely N-dealkylation sites (tertiary alicyclic amines) is 1. The zero-order valence-electron chi connectivity index (χ0n) is 16.1. The van der Waals surface area contributed by atoms with Gasteiger partial charge in [-0.15, -0.1) is 0 Å². The predicted octanol–water partition coefficient (Wildman–Crippen LogP) is 3.45. The number of carbonyl (C=O) groups excluding carboxylic acids is 1. The quantitative estimate of drug-likeness (QED) is 0.614. The molecule has 26 heavy (non-hydrogen) atoms. The van der Waals surface area contributed by atoms with E-state index in [9.17, 15) is 10.1 Å². The maximum absolute atomic E-state index is 12.7. The molecular weight excluding hydrogens is 326 g/mol. The van der Waals surface area contributed by atoms with Crippen molar-refractivity contribution in [2.45, 2.75) is 59.1 Å². The molecule has 140 valence electrons. The molecule has 5 nitrogen and oxygen atoms in total. The number of amides is 1. The Morgan fingerprint density at radius 2 is 2.08 bits per heavy atom. The highest BCUT2D eigenvalue weighted by molar-refractivity contribution is 6.01. The number of hydrogen-bond donors (Lipinski definition) is 0. The Kier molecular flexibility index (Phi) is 5.83. The number of nitrogens with zero attached hydrogens (tertiary/aromatic N) is 3. The van der Waals surface area contributed by atoms with Gasteiger partial charge < -0.3 is 14.2 Å². The van der Waals surface area contributed by atoms with E-state index in [0.717, 1.165) is 68.9 Å². The van der Waals surface area contributed by atoms with Crippen LogP contribution in [-0.4, -0.2) is 41.2 Å². The highest BCUT2D eigenvalue weighted by Gasteiger charge is 2.24. The molecule has 1 atom stereocenters. The third-order valence-corrected chi connectivity index (χ3v) is 5.74. The highest BCUT2D eigenvalue weighted by Crippen LogP contribution is 2.23. The number of piperidine rings is 1. The third-order valence-electron chi connectivity index (χ3n) is 5.74. The van der Waals surface area contributed by atoms with Gasteiger partial charge in [-0.3, -0.25) is 4.79 Å². The van der Waals surface area contributed by atoms with Crippen LogP contribution in [0.3, 0.4) is 0 Å². The van der Waals surface area contributed by atoms with Crippen molar-refractivity contribution in [1.29, 1.82) is 5.26 Å². The zero-order valence-corrected chi connectivity index (χ0v) is 16.1. The molecule has 5 heteroatoms. The molecule has 2 aliphatic rings. The molecule has 0 radical (unpaired) electrons. The number of hydrogen-bond acceptors (Lipinski definition) is 3. The van der Waals surface area contributed by atoms with Gasteiger partial charge >= 0.3 is 0 Å². The molecule has 3 rings (SSSR count). The Bertz CT molecular complexity index is 727. The summed E-state index contributed by atoms with van der Waals surface area (Å²) in [6.45, 7) is 9.51. The van der Waals surface area contributed by atoms with Crippen LogP contribution in [0.5, 0.6) is 0 Å². The maximum atomic E-state index is 12.7. The Labute approximate surface area is 156 Å². The first kappa shape index (κ1) is 18.7. The lowest BCUT2D eigenvalue weighted by Gasteiger charge is -2.30. The number of carbonyl (C=O) groups is 1. The molecule has 0 N–H and O–H groups in total. The molecule has 0 unspecified atom stereocenters. The summed E-state index contributed by atoms with van der Waals surface area (Å²) in [5, 5.41) is 9.54. The van der Waals surface area contributed by atoms with Crippen LogP contribution in [0.4, 0.5) is 0 Å². The van der Waals surface area contributed by atoms with Crippen LogP contribution in [-0.2, 0) is 16.1 Å². The SMILES string of the molecule is Cc1cc(/C=C(\C#N)C(=O)N2CCC(C)CC2)c(C)n1C[C@H]1CCCO1. The second kappa shape index (κ2) is 8.09. The number of nitriles is 1. The molecule has 2 aliphatic heterocycles. The zero-order chi connectivity index (χ0) is 18.7. The van der Waals surface area contributed by atoms with Gasteiger partial charge in [-0.2, -0.15) is 5.26 Å². The molecule has 0 bridgehead atoms. The van der Waals surface area contributed by atoms with Gasteiger partial charge in [0, 0.05) is 37.6 Å². The van der Waals surface area contributed by atoms with Crippen molar-refractivity contribution in [3.8, 4) is 6.07 Å². The second-order valence-corrected chi connectivity index (χ2v) is 7.72. The van der Waals surface area contributed by atoms with Gasteiger partial charge in [0.1, 0.15) is 11.6 Å². The fourth-order valence-corrected chi connectivity index (χ4v) is 3.93. The lowest BCUT2D eigenvalue weighted by Crippen LogP contribution is -2.38. The number of ether oxygens (including phenoxy) is 1. The maximum Gasteiger partial charge on any atom is 0.264 e. The molecule has 0 aromatic carbocycles. The number of aryl methyl sites for hydroxylation is 1. The van der Waals surface area contributed by atoms with E-state index in [2.05, 4.69) is 37.5 Å². The van der Waals surface area contributed by atoms with Gasteiger partial charge in [-0.05, 0) is 63.2 Å². The normalized spacial score (nSPS) is 21.8. The average molecular weight is 355 g/mol. The summed E-state index contributed by atoms with van der Waals surface area (Å²) in [6, 6.07) is 4.19. The molecule has 0 spiro atoms. The van der Waals surface area contributed by atoms with Crippen molar-refractivity contribution >= 4 is 12.0 Å². The molecule has 0 aliphatic carbocycles. The van der Waals surface area contributed by atoms with Crippen molar-refractivity contribution in [3.63, 3.8) is 0 Å². The molecule has 1 aromatic rings. The van der Waals surface area contributed by atoms with Crippen LogP contribution >= 0.6 is 0 Å². The molecular formula is C21H29N3O2. The first-order valence-electron chi connectivity index (χ1n) is 9.69. The van der Waals surface area contributed by atoms with Crippen LogP contribution in [0.15, 0.2) is 11.6 Å². The second-order valence-electron chi connectivity index (χ2n) is 7.72. The Balaban J connectivity index is 1.78. The van der Waals surface area contributed by atoms with Crippen molar-refractivity contribution < 1.29 is 9.53 Å². The summed E-state index contributed by atoms with van der Waals surface area (Å²) in [4.78, 5) is 14.6. The van der Waals surface area contributed by atoms with Crippen LogP contribution in [0.25, 0.3) is 6.08 Å². The van der Waals surface area contributed by atoms with Gasteiger partial charge in [0.15, 0.2) is 0 Å². The highest BCUT2D eigenvalue weighted by atomic mass is 16.5. The molecule has 2 fully saturated rings. The summed E-state index contributed by atoms with van der Waals surface area (Å²) in [5.41, 5.74) is 3.42. The van der Waals surface area contributed by atoms with Crippen molar-refractivity contribution in [3.05, 3.63) is 28.6 Å². The summed E-state index contributed by atoms with van der Waals surface area (Å²) in [6.07, 6.45) is 6.27. The van der Waals surface area contributed by atoms with Crippen LogP contribution in [0, 0.1) is 31.1 Å². The van der Waals surface area contributed by atoms with E-state index in [1.165, 1.54) is 0 Å². The van der Waals surface area contributed by atoms with Crippen LogP contribution in [0.1, 0.15) is 49.6 Å². The van der Waals surface area contributed by atoms with Gasteiger partial charge in [0.05, 0.1) is 6.10 Å². The number of aromatic nitrogens is 1. The lowest BCUT2D eigenvalue weighted by molar-refractivity contribution is -0.127. The van der Waals surface area contributed by atoms with E-state index in [4.69, 9.17) is 4.74 Å². The van der Waals surface area contributed by atoms with Crippen molar-refractivity contribution in [2.75, 3.05) is 19.7 Å². The summed E-state index contributed by atoms with van der Waals surface area (Å²) in [7, 11) is 0. The van der Waals surface area contributed by atoms with E-state index < -0.39 is 0 Å². The molecule has 3 heterocycles. The Morgan fingerprint density at radius 3 is 2.69 bits per heavy atom. The minimum Gasteiger partial charge on any atom is -0.376 e. The topological polar surface area (TPSA) is 58.3 Å². The van der Waals surface area contributed by atoms with Crippen molar-refractivity contribution in [2.24, 2.45) is 5.92 Å². The van der Waals surface area contributed by atoms with E-state index in [0.29, 0.717) is 5.92 Å². The van der Waals surface area contributed by atoms with Crippen LogP contribution < -0.4 is 0 Å². The average Bonchev–Trinajstić information content (AvgIpc) is 3.24. The van der Waals surface area contributed by atoms with Gasteiger partial charge in [0.2, 0.25) is 0 Å². The fourth-order valence-electron chi connectivity index (χ4n) is 3.93. The first-order valence-corrected chi connectivity index (χ1v) is 9.69. The Hall–Kier alpha value is -2.06. The lowest BCUT2D eigenvalue weighted by atomic mass is 9.98. The summed E-state index contributed by atoms with van der Waals surface area (Å²) < 4.78 is 8.00. The van der Waals surface area contributed by atoms with Gasteiger partial charge in [0.25, 0.3) is 5.91 Å². The Morgan fingerprint density at radius 1 is 1.35 bits per heavy atom. The minimum atomic E-state index is -0.136. The summed E-state index contributed by atoms with van der Waals surface area (Å²) in [5.74, 6) is 0.522. The monoisotopic (exact) mass is 355 g/mol. The molecule has 1 aromatic heterocycles. The van der Waals surface area contributed by atoms with E-state index in [1.54, 1.807) is 6.08 Å². The molecule has 1 amide bonds. The largest absolute Gasteiger partial charge is 0.376 e. The smallest absolute Gasteiger partial charge is 0.264 e. The van der Waals surface area contributed by atoms with Crippen molar-refractivity contribution in [1.82, 2.24) is 9.47 Å². The minimum absolute atomic E-state index is 0.136. The van der Waals surface area contributed by atoms with E-state index >= 15 is 0 Å². The standard InChI is InChI=1S/C21H29N3O2/c1-15-6-8-23(9-7-15)21(25)19(13-22)12-18-11-16(2)24(17(18)3)14-20-5-4-10-26-20/h11-12,15,20H,4-10,14H2,1-3H3/b19-12+/t20-/m1/s1. The fraction of sp³-hybridized carbons (Fsp3) is 0.619. The third kappa shape index (κ3) is 4.02. The summed E-state index contributed by atoms with van der Waals surface area (Å²) >= 11 is 0. The first-order chi connectivity index (χ1) is 12.5. The molecule has 0 saturated carbocycles. The van der Waals surface area contributed by atoms with Gasteiger partial charge in [-0.25, -0.2) is 0 Å². The molecule has 2 saturated heterocycles. The number of rotatable bonds is 4. The predicted molar refractivity (Wildman–Crippen MR) is 101 cm³/mol. The van der Waals surface area contributed by atoms with Gasteiger partial charge in [-0.1, -0.05) is 6.92 Å². The van der Waals surface area contributed by atoms with Crippen LogP contribution in [0.2, 0.25) is 0 Å². The van der Waals surface area contributed by atoms with E-state index in [1.807, 2.05) is 4.90 Å². The van der Waals surface area contributed by atoms with E-state index in [-0.39, 0.29) is 17.6 Å².